The number of halogens is 1. The van der Waals surface area contributed by atoms with Gasteiger partial charge in [-0.05, 0) is 24.6 Å². The minimum Gasteiger partial charge on any atom is -0.492 e. The van der Waals surface area contributed by atoms with E-state index in [1.165, 1.54) is 0 Å². The monoisotopic (exact) mass is 198 g/mol. The SMILES string of the molecule is Cc1cc(Cl)c2c(c1)[C@H](O)CCO2. The molecule has 1 aromatic rings. The minimum absolute atomic E-state index is 0.429. The molecule has 0 saturated heterocycles. The molecule has 0 fully saturated rings. The highest BCUT2D eigenvalue weighted by molar-refractivity contribution is 6.32. The van der Waals surface area contributed by atoms with Gasteiger partial charge in [0.1, 0.15) is 5.75 Å². The second-order valence-electron chi connectivity index (χ2n) is 3.32. The maximum atomic E-state index is 9.67. The summed E-state index contributed by atoms with van der Waals surface area (Å²) in [6, 6.07) is 3.77. The van der Waals surface area contributed by atoms with Crippen molar-refractivity contribution in [2.24, 2.45) is 0 Å². The molecular formula is C10H11ClO2. The van der Waals surface area contributed by atoms with Gasteiger partial charge in [-0.2, -0.15) is 0 Å². The summed E-state index contributed by atoms with van der Waals surface area (Å²) in [5.74, 6) is 0.644. The van der Waals surface area contributed by atoms with Crippen LogP contribution in [0, 0.1) is 6.92 Å². The third kappa shape index (κ3) is 1.52. The molecule has 0 saturated carbocycles. The number of hydrogen-bond acceptors (Lipinski definition) is 2. The maximum absolute atomic E-state index is 9.67. The zero-order chi connectivity index (χ0) is 9.42. The Morgan fingerprint density at radius 2 is 2.31 bits per heavy atom. The number of aliphatic hydroxyl groups is 1. The lowest BCUT2D eigenvalue weighted by Gasteiger charge is -2.23. The molecule has 1 aliphatic rings. The lowest BCUT2D eigenvalue weighted by molar-refractivity contribution is 0.115. The maximum Gasteiger partial charge on any atom is 0.143 e. The molecule has 13 heavy (non-hydrogen) atoms. The predicted molar refractivity (Wildman–Crippen MR) is 51.3 cm³/mol. The van der Waals surface area contributed by atoms with Crippen LogP contribution in [-0.4, -0.2) is 11.7 Å². The molecule has 1 N–H and O–H groups in total. The Bertz CT molecular complexity index is 336. The van der Waals surface area contributed by atoms with Crippen molar-refractivity contribution in [1.29, 1.82) is 0 Å². The number of aryl methyl sites for hydroxylation is 1. The molecule has 0 aromatic heterocycles. The lowest BCUT2D eigenvalue weighted by Crippen LogP contribution is -2.14. The molecule has 70 valence electrons. The van der Waals surface area contributed by atoms with Crippen molar-refractivity contribution in [2.45, 2.75) is 19.4 Å². The van der Waals surface area contributed by atoms with Crippen LogP contribution in [-0.2, 0) is 0 Å². The van der Waals surface area contributed by atoms with E-state index < -0.39 is 6.10 Å². The Balaban J connectivity index is 2.56. The number of benzene rings is 1. The average Bonchev–Trinajstić information content (AvgIpc) is 2.07. The molecule has 1 aromatic carbocycles. The van der Waals surface area contributed by atoms with E-state index in [9.17, 15) is 5.11 Å². The van der Waals surface area contributed by atoms with Crippen LogP contribution in [0.5, 0.6) is 5.75 Å². The van der Waals surface area contributed by atoms with E-state index in [4.69, 9.17) is 16.3 Å². The summed E-state index contributed by atoms with van der Waals surface area (Å²) in [6.07, 6.45) is 0.216. The minimum atomic E-state index is -0.429. The van der Waals surface area contributed by atoms with Crippen molar-refractivity contribution >= 4 is 11.6 Å². The van der Waals surface area contributed by atoms with Gasteiger partial charge >= 0.3 is 0 Å². The van der Waals surface area contributed by atoms with Crippen LogP contribution in [0.2, 0.25) is 5.02 Å². The zero-order valence-electron chi connectivity index (χ0n) is 7.38. The third-order valence-electron chi connectivity index (χ3n) is 2.21. The van der Waals surface area contributed by atoms with E-state index in [-0.39, 0.29) is 0 Å². The molecular weight excluding hydrogens is 188 g/mol. The van der Waals surface area contributed by atoms with Crippen LogP contribution in [0.25, 0.3) is 0 Å². The highest BCUT2D eigenvalue weighted by Gasteiger charge is 2.21. The lowest BCUT2D eigenvalue weighted by atomic mass is 10.0. The Labute approximate surface area is 82.1 Å². The van der Waals surface area contributed by atoms with E-state index >= 15 is 0 Å². The normalized spacial score (nSPS) is 20.7. The molecule has 0 bridgehead atoms. The van der Waals surface area contributed by atoms with Gasteiger partial charge < -0.3 is 9.84 Å². The first-order valence-electron chi connectivity index (χ1n) is 4.29. The summed E-state index contributed by atoms with van der Waals surface area (Å²) in [4.78, 5) is 0. The van der Waals surface area contributed by atoms with Gasteiger partial charge in [-0.3, -0.25) is 0 Å². The number of fused-ring (bicyclic) bond motifs is 1. The van der Waals surface area contributed by atoms with Crippen LogP contribution < -0.4 is 4.74 Å². The first-order chi connectivity index (χ1) is 6.18. The van der Waals surface area contributed by atoms with E-state index in [1.807, 2.05) is 19.1 Å². The Hall–Kier alpha value is -0.730. The van der Waals surface area contributed by atoms with Crippen molar-refractivity contribution < 1.29 is 9.84 Å². The van der Waals surface area contributed by atoms with Gasteiger partial charge in [-0.1, -0.05) is 11.6 Å². The van der Waals surface area contributed by atoms with Crippen molar-refractivity contribution in [3.63, 3.8) is 0 Å². The van der Waals surface area contributed by atoms with Crippen LogP contribution in [0.1, 0.15) is 23.7 Å². The quantitative estimate of drug-likeness (QED) is 0.694. The van der Waals surface area contributed by atoms with Crippen molar-refractivity contribution in [2.75, 3.05) is 6.61 Å². The summed E-state index contributed by atoms with van der Waals surface area (Å²) >= 11 is 5.98. The predicted octanol–water partition coefficient (Wildman–Crippen LogP) is 2.46. The molecule has 0 radical (unpaired) electrons. The molecule has 1 heterocycles. The molecule has 0 unspecified atom stereocenters. The number of ether oxygens (including phenoxy) is 1. The Morgan fingerprint density at radius 3 is 3.08 bits per heavy atom. The van der Waals surface area contributed by atoms with Crippen molar-refractivity contribution in [3.8, 4) is 5.75 Å². The summed E-state index contributed by atoms with van der Waals surface area (Å²) in [5, 5.41) is 10.3. The van der Waals surface area contributed by atoms with Gasteiger partial charge in [0.2, 0.25) is 0 Å². The van der Waals surface area contributed by atoms with Crippen LogP contribution in [0.15, 0.2) is 12.1 Å². The fraction of sp³-hybridized carbons (Fsp3) is 0.400. The van der Waals surface area contributed by atoms with Gasteiger partial charge in [0.15, 0.2) is 0 Å². The summed E-state index contributed by atoms with van der Waals surface area (Å²) in [6.45, 7) is 2.49. The van der Waals surface area contributed by atoms with Crippen LogP contribution in [0.3, 0.4) is 0 Å². The standard InChI is InChI=1S/C10H11ClO2/c1-6-4-7-9(12)2-3-13-10(7)8(11)5-6/h4-5,9,12H,2-3H2,1H3/t9-/m1/s1. The largest absolute Gasteiger partial charge is 0.492 e. The fourth-order valence-electron chi connectivity index (χ4n) is 1.58. The summed E-state index contributed by atoms with van der Waals surface area (Å²) < 4.78 is 5.39. The molecule has 3 heteroatoms. The molecule has 0 amide bonds. The highest BCUT2D eigenvalue weighted by Crippen LogP contribution is 2.38. The molecule has 0 spiro atoms. The fourth-order valence-corrected chi connectivity index (χ4v) is 1.92. The molecule has 0 aliphatic carbocycles. The smallest absolute Gasteiger partial charge is 0.143 e. The van der Waals surface area contributed by atoms with Gasteiger partial charge in [-0.15, -0.1) is 0 Å². The number of rotatable bonds is 0. The van der Waals surface area contributed by atoms with Gasteiger partial charge in [0, 0.05) is 12.0 Å². The van der Waals surface area contributed by atoms with Crippen LogP contribution >= 0.6 is 11.6 Å². The van der Waals surface area contributed by atoms with Gasteiger partial charge in [0.25, 0.3) is 0 Å². The molecule has 1 atom stereocenters. The Kier molecular flexibility index (Phi) is 2.18. The van der Waals surface area contributed by atoms with E-state index in [0.717, 1.165) is 11.1 Å². The first-order valence-corrected chi connectivity index (χ1v) is 4.67. The van der Waals surface area contributed by atoms with Gasteiger partial charge in [-0.25, -0.2) is 0 Å². The van der Waals surface area contributed by atoms with Crippen molar-refractivity contribution in [1.82, 2.24) is 0 Å². The average molecular weight is 199 g/mol. The second-order valence-corrected chi connectivity index (χ2v) is 3.73. The molecule has 2 rings (SSSR count). The summed E-state index contributed by atoms with van der Waals surface area (Å²) in [5.41, 5.74) is 1.87. The summed E-state index contributed by atoms with van der Waals surface area (Å²) in [7, 11) is 0. The van der Waals surface area contributed by atoms with E-state index in [2.05, 4.69) is 0 Å². The number of hydrogen-bond donors (Lipinski definition) is 1. The van der Waals surface area contributed by atoms with Crippen molar-refractivity contribution in [3.05, 3.63) is 28.3 Å². The second kappa shape index (κ2) is 3.20. The highest BCUT2D eigenvalue weighted by atomic mass is 35.5. The third-order valence-corrected chi connectivity index (χ3v) is 2.49. The molecule has 2 nitrogen and oxygen atoms in total. The molecule has 1 aliphatic heterocycles. The number of aliphatic hydroxyl groups excluding tert-OH is 1. The van der Waals surface area contributed by atoms with Gasteiger partial charge in [0.05, 0.1) is 17.7 Å². The van der Waals surface area contributed by atoms with E-state index in [0.29, 0.717) is 23.8 Å². The topological polar surface area (TPSA) is 29.5 Å². The van der Waals surface area contributed by atoms with E-state index in [1.54, 1.807) is 0 Å². The zero-order valence-corrected chi connectivity index (χ0v) is 8.14. The first kappa shape index (κ1) is 8.85. The Morgan fingerprint density at radius 1 is 1.54 bits per heavy atom. The van der Waals surface area contributed by atoms with Crippen LogP contribution in [0.4, 0.5) is 0 Å².